The van der Waals surface area contributed by atoms with E-state index in [9.17, 15) is 18.4 Å². The van der Waals surface area contributed by atoms with Gasteiger partial charge in [-0.25, -0.2) is 13.6 Å². The van der Waals surface area contributed by atoms with E-state index in [1.807, 2.05) is 0 Å². The molecule has 152 valence electrons. The molecule has 0 radical (unpaired) electrons. The second-order valence-electron chi connectivity index (χ2n) is 6.37. The first-order valence-corrected chi connectivity index (χ1v) is 9.28. The number of halogens is 2. The van der Waals surface area contributed by atoms with E-state index in [4.69, 9.17) is 4.74 Å². The molecular weight excluding hydrogens is 388 g/mol. The molecule has 0 aromatic heterocycles. The highest BCUT2D eigenvalue weighted by atomic mass is 19.1. The van der Waals surface area contributed by atoms with E-state index in [1.165, 1.54) is 36.4 Å². The number of hydrogen-bond donors (Lipinski definition) is 1. The Bertz CT molecular complexity index is 1090. The standard InChI is InChI=1S/C24H19F2NO3/c1-2-30-23(28)13-6-16-4-3-5-20(14-16)27-24(29)21-15-18(9-12-22(21)26)17-7-10-19(25)11-8-17/h3-15H,2H2,1H3,(H,27,29). The molecule has 6 heteroatoms. The van der Waals surface area contributed by atoms with Gasteiger partial charge in [0.1, 0.15) is 11.6 Å². The number of amides is 1. The molecule has 0 atom stereocenters. The fraction of sp³-hybridized carbons (Fsp3) is 0.0833. The topological polar surface area (TPSA) is 55.4 Å². The molecule has 3 aromatic rings. The van der Waals surface area contributed by atoms with E-state index >= 15 is 0 Å². The summed E-state index contributed by atoms with van der Waals surface area (Å²) in [6.45, 7) is 1.99. The van der Waals surface area contributed by atoms with Crippen LogP contribution < -0.4 is 5.32 Å². The van der Waals surface area contributed by atoms with Crippen LogP contribution in [0.5, 0.6) is 0 Å². The lowest BCUT2D eigenvalue weighted by Crippen LogP contribution is -2.14. The first kappa shape index (κ1) is 20.9. The summed E-state index contributed by atoms with van der Waals surface area (Å²) in [7, 11) is 0. The second kappa shape index (κ2) is 9.60. The van der Waals surface area contributed by atoms with Gasteiger partial charge in [-0.05, 0) is 66.1 Å². The maximum absolute atomic E-state index is 14.3. The van der Waals surface area contributed by atoms with Crippen molar-refractivity contribution >= 4 is 23.6 Å². The maximum Gasteiger partial charge on any atom is 0.330 e. The van der Waals surface area contributed by atoms with Crippen LogP contribution in [0.4, 0.5) is 14.5 Å². The van der Waals surface area contributed by atoms with Gasteiger partial charge in [-0.2, -0.15) is 0 Å². The highest BCUT2D eigenvalue weighted by molar-refractivity contribution is 6.05. The largest absolute Gasteiger partial charge is 0.463 e. The Morgan fingerprint density at radius 3 is 2.43 bits per heavy atom. The summed E-state index contributed by atoms with van der Waals surface area (Å²) >= 11 is 0. The first-order chi connectivity index (χ1) is 14.5. The van der Waals surface area contributed by atoms with Crippen LogP contribution in [0, 0.1) is 11.6 Å². The normalized spacial score (nSPS) is 10.8. The summed E-state index contributed by atoms with van der Waals surface area (Å²) in [5.41, 5.74) is 2.23. The number of benzene rings is 3. The van der Waals surface area contributed by atoms with Crippen molar-refractivity contribution in [2.75, 3.05) is 11.9 Å². The van der Waals surface area contributed by atoms with Crippen molar-refractivity contribution in [2.24, 2.45) is 0 Å². The van der Waals surface area contributed by atoms with Gasteiger partial charge < -0.3 is 10.1 Å². The molecule has 0 heterocycles. The number of carbonyl (C=O) groups excluding carboxylic acids is 2. The average molecular weight is 407 g/mol. The Labute approximate surface area is 172 Å². The summed E-state index contributed by atoms with van der Waals surface area (Å²) < 4.78 is 32.2. The van der Waals surface area contributed by atoms with Crippen molar-refractivity contribution in [1.82, 2.24) is 0 Å². The van der Waals surface area contributed by atoms with Gasteiger partial charge in [0.15, 0.2) is 0 Å². The minimum absolute atomic E-state index is 0.135. The van der Waals surface area contributed by atoms with E-state index in [0.29, 0.717) is 22.4 Å². The number of hydrogen-bond acceptors (Lipinski definition) is 3. The molecular formula is C24H19F2NO3. The predicted octanol–water partition coefficient (Wildman–Crippen LogP) is 5.46. The molecule has 3 rings (SSSR count). The van der Waals surface area contributed by atoms with Gasteiger partial charge in [-0.1, -0.05) is 30.3 Å². The van der Waals surface area contributed by atoms with Crippen LogP contribution in [0.3, 0.4) is 0 Å². The molecule has 0 saturated heterocycles. The zero-order chi connectivity index (χ0) is 21.5. The summed E-state index contributed by atoms with van der Waals surface area (Å²) in [4.78, 5) is 24.1. The fourth-order valence-corrected chi connectivity index (χ4v) is 2.79. The van der Waals surface area contributed by atoms with Crippen LogP contribution in [0.15, 0.2) is 72.8 Å². The van der Waals surface area contributed by atoms with Gasteiger partial charge in [-0.3, -0.25) is 4.79 Å². The van der Waals surface area contributed by atoms with Crippen LogP contribution in [-0.2, 0) is 9.53 Å². The Hall–Kier alpha value is -3.80. The SMILES string of the molecule is CCOC(=O)C=Cc1cccc(NC(=O)c2cc(-c3ccc(F)cc3)ccc2F)c1. The molecule has 3 aromatic carbocycles. The van der Waals surface area contributed by atoms with E-state index in [2.05, 4.69) is 5.32 Å². The third-order valence-electron chi connectivity index (χ3n) is 4.23. The molecule has 30 heavy (non-hydrogen) atoms. The van der Waals surface area contributed by atoms with Crippen molar-refractivity contribution in [3.05, 3.63) is 95.6 Å². The van der Waals surface area contributed by atoms with Crippen molar-refractivity contribution in [1.29, 1.82) is 0 Å². The van der Waals surface area contributed by atoms with Crippen LogP contribution >= 0.6 is 0 Å². The quantitative estimate of drug-likeness (QED) is 0.436. The van der Waals surface area contributed by atoms with Gasteiger partial charge in [-0.15, -0.1) is 0 Å². The van der Waals surface area contributed by atoms with Gasteiger partial charge in [0.25, 0.3) is 5.91 Å². The second-order valence-corrected chi connectivity index (χ2v) is 6.37. The van der Waals surface area contributed by atoms with E-state index in [0.717, 1.165) is 0 Å². The van der Waals surface area contributed by atoms with Gasteiger partial charge in [0.2, 0.25) is 0 Å². The van der Waals surface area contributed by atoms with E-state index < -0.39 is 17.7 Å². The molecule has 0 unspecified atom stereocenters. The number of anilines is 1. The first-order valence-electron chi connectivity index (χ1n) is 9.28. The monoisotopic (exact) mass is 407 g/mol. The van der Waals surface area contributed by atoms with Crippen LogP contribution in [0.2, 0.25) is 0 Å². The van der Waals surface area contributed by atoms with Gasteiger partial charge >= 0.3 is 5.97 Å². The molecule has 0 aliphatic rings. The average Bonchev–Trinajstić information content (AvgIpc) is 2.74. The number of carbonyl (C=O) groups is 2. The lowest BCUT2D eigenvalue weighted by molar-refractivity contribution is -0.137. The lowest BCUT2D eigenvalue weighted by Gasteiger charge is -2.09. The summed E-state index contributed by atoms with van der Waals surface area (Å²) in [5, 5.41) is 2.65. The van der Waals surface area contributed by atoms with Crippen molar-refractivity contribution in [3.8, 4) is 11.1 Å². The maximum atomic E-state index is 14.3. The highest BCUT2D eigenvalue weighted by Gasteiger charge is 2.14. The third kappa shape index (κ3) is 5.38. The molecule has 1 amide bonds. The molecule has 0 aliphatic carbocycles. The number of esters is 1. The Kier molecular flexibility index (Phi) is 6.70. The third-order valence-corrected chi connectivity index (χ3v) is 4.23. The molecule has 0 saturated carbocycles. The number of rotatable bonds is 6. The van der Waals surface area contributed by atoms with E-state index in [1.54, 1.807) is 49.4 Å². The van der Waals surface area contributed by atoms with Gasteiger partial charge in [0.05, 0.1) is 12.2 Å². The van der Waals surface area contributed by atoms with Crippen molar-refractivity contribution in [3.63, 3.8) is 0 Å². The number of nitrogens with one attached hydrogen (secondary N) is 1. The molecule has 0 bridgehead atoms. The van der Waals surface area contributed by atoms with E-state index in [-0.39, 0.29) is 18.0 Å². The molecule has 1 N–H and O–H groups in total. The molecule has 0 fully saturated rings. The molecule has 0 spiro atoms. The van der Waals surface area contributed by atoms with Gasteiger partial charge in [0, 0.05) is 11.8 Å². The van der Waals surface area contributed by atoms with Crippen molar-refractivity contribution in [2.45, 2.75) is 6.92 Å². The van der Waals surface area contributed by atoms with Crippen LogP contribution in [-0.4, -0.2) is 18.5 Å². The van der Waals surface area contributed by atoms with Crippen LogP contribution in [0.1, 0.15) is 22.8 Å². The summed E-state index contributed by atoms with van der Waals surface area (Å²) in [5.74, 6) is -2.14. The minimum atomic E-state index is -0.670. The minimum Gasteiger partial charge on any atom is -0.463 e. The van der Waals surface area contributed by atoms with Crippen molar-refractivity contribution < 1.29 is 23.1 Å². The fourth-order valence-electron chi connectivity index (χ4n) is 2.79. The smallest absolute Gasteiger partial charge is 0.330 e. The zero-order valence-corrected chi connectivity index (χ0v) is 16.2. The predicted molar refractivity (Wildman–Crippen MR) is 112 cm³/mol. The Morgan fingerprint density at radius 2 is 1.70 bits per heavy atom. The molecule has 4 nitrogen and oxygen atoms in total. The number of ether oxygens (including phenoxy) is 1. The summed E-state index contributed by atoms with van der Waals surface area (Å²) in [6, 6.07) is 16.6. The Morgan fingerprint density at radius 1 is 0.967 bits per heavy atom. The Balaban J connectivity index is 1.79. The lowest BCUT2D eigenvalue weighted by atomic mass is 10.0. The molecule has 0 aliphatic heterocycles. The van der Waals surface area contributed by atoms with Crippen LogP contribution in [0.25, 0.3) is 17.2 Å². The highest BCUT2D eigenvalue weighted by Crippen LogP contribution is 2.23. The summed E-state index contributed by atoms with van der Waals surface area (Å²) in [6.07, 6.45) is 2.85. The zero-order valence-electron chi connectivity index (χ0n) is 16.2.